The molecule has 0 N–H and O–H groups in total. The predicted octanol–water partition coefficient (Wildman–Crippen LogP) is 5.91. The number of carbonyl (C=O) groups is 1. The monoisotopic (exact) mass is 438 g/mol. The first kappa shape index (κ1) is 20.8. The summed E-state index contributed by atoms with van der Waals surface area (Å²) in [4.78, 5) is 11.6. The van der Waals surface area contributed by atoms with Gasteiger partial charge in [-0.05, 0) is 18.2 Å². The van der Waals surface area contributed by atoms with Crippen molar-refractivity contribution in [3.8, 4) is 11.5 Å². The molecule has 9 heteroatoms. The van der Waals surface area contributed by atoms with Crippen molar-refractivity contribution < 1.29 is 23.4 Å². The zero-order valence-corrected chi connectivity index (χ0v) is 16.4. The molecule has 140 valence electrons. The van der Waals surface area contributed by atoms with Crippen LogP contribution >= 0.6 is 46.4 Å². The molecule has 5 nitrogen and oxygen atoms in total. The summed E-state index contributed by atoms with van der Waals surface area (Å²) in [5, 5.41) is 0.585. The first-order valence-electron chi connectivity index (χ1n) is 7.44. The summed E-state index contributed by atoms with van der Waals surface area (Å²) < 4.78 is 21.0. The molecule has 0 amide bonds. The van der Waals surface area contributed by atoms with Crippen LogP contribution in [0.2, 0.25) is 10.0 Å². The van der Waals surface area contributed by atoms with Crippen LogP contribution in [0.4, 0.5) is 0 Å². The Balaban J connectivity index is 1.78. The molecule has 1 aromatic carbocycles. The van der Waals surface area contributed by atoms with Crippen LogP contribution < -0.4 is 9.47 Å². The Hall–Kier alpha value is -1.53. The Bertz CT molecular complexity index is 732. The van der Waals surface area contributed by atoms with Crippen molar-refractivity contribution in [3.05, 3.63) is 56.9 Å². The fraction of sp³-hybridized carbons (Fsp3) is 0.235. The van der Waals surface area contributed by atoms with Gasteiger partial charge in [-0.2, -0.15) is 0 Å². The summed E-state index contributed by atoms with van der Waals surface area (Å²) in [6.07, 6.45) is 3.34. The van der Waals surface area contributed by atoms with Crippen LogP contribution in [-0.2, 0) is 4.74 Å². The van der Waals surface area contributed by atoms with Crippen molar-refractivity contribution in [3.63, 3.8) is 0 Å². The van der Waals surface area contributed by atoms with E-state index in [1.54, 1.807) is 18.2 Å². The standard InChI is InChI=1S/C17H14Cl4O5/c18-12-9-11(23-8-4-15(20)21)10-13(19)16(12)25-6-2-7-26-17(22)14-3-1-5-24-14/h1,3-5,9-10H,2,6-8H2. The largest absolute Gasteiger partial charge is 0.490 e. The lowest BCUT2D eigenvalue weighted by molar-refractivity contribution is 0.0450. The van der Waals surface area contributed by atoms with Crippen LogP contribution in [0.15, 0.2) is 45.5 Å². The minimum atomic E-state index is -0.529. The van der Waals surface area contributed by atoms with Crippen molar-refractivity contribution in [2.24, 2.45) is 0 Å². The van der Waals surface area contributed by atoms with E-state index in [9.17, 15) is 4.79 Å². The number of esters is 1. The smallest absolute Gasteiger partial charge is 0.374 e. The number of rotatable bonds is 9. The van der Waals surface area contributed by atoms with Gasteiger partial charge in [0, 0.05) is 18.6 Å². The first-order chi connectivity index (χ1) is 12.5. The number of halogens is 4. The summed E-state index contributed by atoms with van der Waals surface area (Å²) in [6.45, 7) is 0.605. The Kier molecular flexibility index (Phi) is 8.45. The van der Waals surface area contributed by atoms with E-state index in [0.29, 0.717) is 28.0 Å². The molecule has 0 spiro atoms. The van der Waals surface area contributed by atoms with Gasteiger partial charge in [0.1, 0.15) is 16.8 Å². The molecule has 2 rings (SSSR count). The second-order valence-corrected chi connectivity index (χ2v) is 6.66. The molecule has 2 aromatic rings. The molecule has 26 heavy (non-hydrogen) atoms. The predicted molar refractivity (Wildman–Crippen MR) is 101 cm³/mol. The van der Waals surface area contributed by atoms with Crippen molar-refractivity contribution in [2.45, 2.75) is 6.42 Å². The normalized spacial score (nSPS) is 10.3. The highest BCUT2D eigenvalue weighted by molar-refractivity contribution is 6.55. The fourth-order valence-corrected chi connectivity index (χ4v) is 2.52. The summed E-state index contributed by atoms with van der Waals surface area (Å²) >= 11 is 23.3. The van der Waals surface area contributed by atoms with E-state index in [4.69, 9.17) is 65.0 Å². The van der Waals surface area contributed by atoms with Gasteiger partial charge >= 0.3 is 5.97 Å². The minimum absolute atomic E-state index is 0.106. The van der Waals surface area contributed by atoms with E-state index in [1.807, 2.05) is 0 Å². The van der Waals surface area contributed by atoms with E-state index in [2.05, 4.69) is 0 Å². The van der Waals surface area contributed by atoms with Crippen molar-refractivity contribution in [1.82, 2.24) is 0 Å². The van der Waals surface area contributed by atoms with Gasteiger partial charge in [0.15, 0.2) is 5.75 Å². The van der Waals surface area contributed by atoms with Gasteiger partial charge in [-0.15, -0.1) is 0 Å². The molecule has 0 bridgehead atoms. The van der Waals surface area contributed by atoms with Crippen LogP contribution in [0.3, 0.4) is 0 Å². The SMILES string of the molecule is O=C(OCCCOc1c(Cl)cc(OCC=C(Cl)Cl)cc1Cl)c1ccco1. The van der Waals surface area contributed by atoms with Crippen LogP contribution in [-0.4, -0.2) is 25.8 Å². The van der Waals surface area contributed by atoms with E-state index in [1.165, 1.54) is 18.4 Å². The zero-order chi connectivity index (χ0) is 18.9. The van der Waals surface area contributed by atoms with Gasteiger partial charge in [-0.1, -0.05) is 46.4 Å². The topological polar surface area (TPSA) is 57.9 Å². The van der Waals surface area contributed by atoms with Gasteiger partial charge in [-0.3, -0.25) is 0 Å². The molecule has 0 atom stereocenters. The van der Waals surface area contributed by atoms with Crippen LogP contribution in [0.25, 0.3) is 0 Å². The fourth-order valence-electron chi connectivity index (χ4n) is 1.82. The molecule has 0 aliphatic rings. The molecule has 0 aliphatic heterocycles. The third-order valence-corrected chi connectivity index (χ3v) is 3.82. The molecule has 0 aliphatic carbocycles. The maximum absolute atomic E-state index is 11.6. The van der Waals surface area contributed by atoms with Gasteiger partial charge in [0.2, 0.25) is 5.76 Å². The third-order valence-electron chi connectivity index (χ3n) is 2.95. The first-order valence-corrected chi connectivity index (χ1v) is 8.95. The summed E-state index contributed by atoms with van der Waals surface area (Å²) in [5.74, 6) is 0.395. The van der Waals surface area contributed by atoms with E-state index in [-0.39, 0.29) is 30.1 Å². The van der Waals surface area contributed by atoms with Gasteiger partial charge < -0.3 is 18.6 Å². The Morgan fingerprint density at radius 3 is 2.46 bits per heavy atom. The average molecular weight is 440 g/mol. The van der Waals surface area contributed by atoms with E-state index in [0.717, 1.165) is 0 Å². The molecule has 1 heterocycles. The molecular weight excluding hydrogens is 426 g/mol. The molecular formula is C17H14Cl4O5. The van der Waals surface area contributed by atoms with Gasteiger partial charge in [0.25, 0.3) is 0 Å². The van der Waals surface area contributed by atoms with Crippen LogP contribution in [0.5, 0.6) is 11.5 Å². The van der Waals surface area contributed by atoms with Crippen LogP contribution in [0.1, 0.15) is 17.0 Å². The molecule has 0 radical (unpaired) electrons. The third kappa shape index (κ3) is 6.65. The second kappa shape index (κ2) is 10.6. The summed E-state index contributed by atoms with van der Waals surface area (Å²) in [5.41, 5.74) is 0. The number of carbonyl (C=O) groups excluding carboxylic acids is 1. The van der Waals surface area contributed by atoms with Gasteiger partial charge in [0.05, 0.1) is 29.5 Å². The maximum Gasteiger partial charge on any atom is 0.374 e. The number of hydrogen-bond acceptors (Lipinski definition) is 5. The Labute approximate surface area is 170 Å². The lowest BCUT2D eigenvalue weighted by Gasteiger charge is -2.12. The quantitative estimate of drug-likeness (QED) is 0.359. The molecule has 0 saturated carbocycles. The van der Waals surface area contributed by atoms with Crippen molar-refractivity contribution in [2.75, 3.05) is 19.8 Å². The molecule has 1 aromatic heterocycles. The summed E-state index contributed by atoms with van der Waals surface area (Å²) in [7, 11) is 0. The second-order valence-electron chi connectivity index (χ2n) is 4.84. The maximum atomic E-state index is 11.6. The van der Waals surface area contributed by atoms with Gasteiger partial charge in [-0.25, -0.2) is 4.79 Å². The Morgan fingerprint density at radius 1 is 1.12 bits per heavy atom. The highest BCUT2D eigenvalue weighted by Crippen LogP contribution is 2.37. The summed E-state index contributed by atoms with van der Waals surface area (Å²) in [6, 6.07) is 6.27. The van der Waals surface area contributed by atoms with Crippen LogP contribution in [0, 0.1) is 0 Å². The highest BCUT2D eigenvalue weighted by Gasteiger charge is 2.12. The van der Waals surface area contributed by atoms with E-state index < -0.39 is 5.97 Å². The average Bonchev–Trinajstić information content (AvgIpc) is 3.10. The lowest BCUT2D eigenvalue weighted by atomic mass is 10.3. The minimum Gasteiger partial charge on any atom is -0.490 e. The number of furan rings is 1. The highest BCUT2D eigenvalue weighted by atomic mass is 35.5. The zero-order valence-electron chi connectivity index (χ0n) is 13.3. The number of ether oxygens (including phenoxy) is 3. The lowest BCUT2D eigenvalue weighted by Crippen LogP contribution is -2.09. The Morgan fingerprint density at radius 2 is 1.85 bits per heavy atom. The number of benzene rings is 1. The molecule has 0 saturated heterocycles. The molecule has 0 fully saturated rings. The van der Waals surface area contributed by atoms with E-state index >= 15 is 0 Å². The van der Waals surface area contributed by atoms with Crippen molar-refractivity contribution >= 4 is 52.4 Å². The number of hydrogen-bond donors (Lipinski definition) is 0. The molecule has 0 unspecified atom stereocenters. The van der Waals surface area contributed by atoms with Crippen molar-refractivity contribution in [1.29, 1.82) is 0 Å².